The highest BCUT2D eigenvalue weighted by Crippen LogP contribution is 2.28. The topological polar surface area (TPSA) is 61.8 Å². The van der Waals surface area contributed by atoms with Crippen LogP contribution in [-0.2, 0) is 14.3 Å². The lowest BCUT2D eigenvalue weighted by Gasteiger charge is -2.07. The molecule has 2 rings (SSSR count). The molecule has 1 aromatic carbocycles. The Morgan fingerprint density at radius 2 is 1.89 bits per heavy atom. The Morgan fingerprint density at radius 3 is 2.44 bits per heavy atom. The molecule has 0 radical (unpaired) electrons. The van der Waals surface area contributed by atoms with Gasteiger partial charge < -0.3 is 14.2 Å². The van der Waals surface area contributed by atoms with Crippen molar-refractivity contribution in [3.63, 3.8) is 0 Å². The zero-order chi connectivity index (χ0) is 13.1. The second-order valence-electron chi connectivity index (χ2n) is 3.69. The molecule has 18 heavy (non-hydrogen) atoms. The molecule has 94 valence electrons. The Bertz CT molecular complexity index is 530. The van der Waals surface area contributed by atoms with Gasteiger partial charge >= 0.3 is 5.97 Å². The van der Waals surface area contributed by atoms with Gasteiger partial charge in [0, 0.05) is 5.57 Å². The predicted molar refractivity (Wildman–Crippen MR) is 63.5 cm³/mol. The summed E-state index contributed by atoms with van der Waals surface area (Å²) < 4.78 is 14.9. The number of carbonyl (C=O) groups is 2. The van der Waals surface area contributed by atoms with Crippen LogP contribution in [0.5, 0.6) is 11.5 Å². The number of ketones is 1. The van der Waals surface area contributed by atoms with Crippen molar-refractivity contribution in [1.29, 1.82) is 0 Å². The van der Waals surface area contributed by atoms with Crippen LogP contribution in [0.25, 0.3) is 6.08 Å². The zero-order valence-electron chi connectivity index (χ0n) is 10.1. The maximum atomic E-state index is 11.4. The summed E-state index contributed by atoms with van der Waals surface area (Å²) in [5.41, 5.74) is 1.08. The average molecular weight is 248 g/mol. The van der Waals surface area contributed by atoms with Gasteiger partial charge in [-0.25, -0.2) is 4.79 Å². The molecule has 0 saturated carbocycles. The van der Waals surface area contributed by atoms with Gasteiger partial charge in [-0.15, -0.1) is 0 Å². The number of methoxy groups -OCH3 is 2. The number of carbonyl (C=O) groups excluding carboxylic acids is 2. The van der Waals surface area contributed by atoms with Crippen LogP contribution in [0.3, 0.4) is 0 Å². The van der Waals surface area contributed by atoms with Crippen molar-refractivity contribution in [3.05, 3.63) is 29.3 Å². The summed E-state index contributed by atoms with van der Waals surface area (Å²) in [6.07, 6.45) is 1.61. The Hall–Kier alpha value is -2.30. The van der Waals surface area contributed by atoms with E-state index in [2.05, 4.69) is 4.74 Å². The third kappa shape index (κ3) is 2.20. The normalized spacial score (nSPS) is 16.9. The summed E-state index contributed by atoms with van der Waals surface area (Å²) in [5, 5.41) is 0. The van der Waals surface area contributed by atoms with Crippen LogP contribution in [-0.4, -0.2) is 32.6 Å². The highest BCUT2D eigenvalue weighted by molar-refractivity contribution is 6.43. The van der Waals surface area contributed by atoms with Gasteiger partial charge in [-0.1, -0.05) is 6.07 Å². The summed E-state index contributed by atoms with van der Waals surface area (Å²) in [5.74, 6) is -0.235. The van der Waals surface area contributed by atoms with Gasteiger partial charge in [0.05, 0.1) is 14.2 Å². The quantitative estimate of drug-likeness (QED) is 0.457. The van der Waals surface area contributed by atoms with Crippen molar-refractivity contribution in [3.8, 4) is 11.5 Å². The Morgan fingerprint density at radius 1 is 1.17 bits per heavy atom. The molecule has 5 heteroatoms. The molecule has 0 N–H and O–H groups in total. The summed E-state index contributed by atoms with van der Waals surface area (Å²) in [4.78, 5) is 22.3. The highest BCUT2D eigenvalue weighted by Gasteiger charge is 2.28. The number of hydrogen-bond donors (Lipinski definition) is 0. The lowest BCUT2D eigenvalue weighted by molar-refractivity contribution is -0.146. The first-order chi connectivity index (χ1) is 8.65. The van der Waals surface area contributed by atoms with Crippen LogP contribution in [0.1, 0.15) is 5.56 Å². The molecule has 0 bridgehead atoms. The molecule has 0 unspecified atom stereocenters. The van der Waals surface area contributed by atoms with Gasteiger partial charge in [-0.3, -0.25) is 4.79 Å². The molecule has 0 atom stereocenters. The van der Waals surface area contributed by atoms with Gasteiger partial charge in [0.1, 0.15) is 6.61 Å². The molecular formula is C13H12O5. The smallest absolute Gasteiger partial charge is 0.379 e. The van der Waals surface area contributed by atoms with E-state index < -0.39 is 11.8 Å². The minimum Gasteiger partial charge on any atom is -0.493 e. The van der Waals surface area contributed by atoms with Crippen molar-refractivity contribution in [2.45, 2.75) is 0 Å². The second kappa shape index (κ2) is 4.91. The van der Waals surface area contributed by atoms with Gasteiger partial charge in [-0.05, 0) is 23.8 Å². The van der Waals surface area contributed by atoms with Crippen LogP contribution in [0.4, 0.5) is 0 Å². The zero-order valence-corrected chi connectivity index (χ0v) is 10.1. The molecule has 0 amide bonds. The summed E-state index contributed by atoms with van der Waals surface area (Å²) in [6, 6.07) is 5.22. The fourth-order valence-corrected chi connectivity index (χ4v) is 1.66. The Balaban J connectivity index is 2.33. The summed E-state index contributed by atoms with van der Waals surface area (Å²) in [7, 11) is 3.07. The third-order valence-corrected chi connectivity index (χ3v) is 2.58. The van der Waals surface area contributed by atoms with Crippen LogP contribution in [0, 0.1) is 0 Å². The third-order valence-electron chi connectivity index (χ3n) is 2.58. The Labute approximate surface area is 104 Å². The van der Waals surface area contributed by atoms with Gasteiger partial charge in [0.15, 0.2) is 11.5 Å². The van der Waals surface area contributed by atoms with Crippen LogP contribution < -0.4 is 9.47 Å². The molecule has 5 nitrogen and oxygen atoms in total. The fourth-order valence-electron chi connectivity index (χ4n) is 1.66. The lowest BCUT2D eigenvalue weighted by Crippen LogP contribution is -2.06. The minimum absolute atomic E-state index is 0.0199. The van der Waals surface area contributed by atoms with E-state index in [4.69, 9.17) is 9.47 Å². The maximum Gasteiger partial charge on any atom is 0.379 e. The molecule has 1 saturated heterocycles. The minimum atomic E-state index is -0.804. The van der Waals surface area contributed by atoms with E-state index in [1.807, 2.05) is 0 Å². The fraction of sp³-hybridized carbons (Fsp3) is 0.231. The molecule has 1 aromatic rings. The number of rotatable bonds is 3. The summed E-state index contributed by atoms with van der Waals surface area (Å²) in [6.45, 7) is 0.0199. The molecule has 1 aliphatic heterocycles. The largest absolute Gasteiger partial charge is 0.493 e. The van der Waals surface area contributed by atoms with E-state index in [1.165, 1.54) is 7.11 Å². The molecule has 1 fully saturated rings. The second-order valence-corrected chi connectivity index (χ2v) is 3.69. The van der Waals surface area contributed by atoms with Crippen molar-refractivity contribution in [2.24, 2.45) is 0 Å². The average Bonchev–Trinajstić information content (AvgIpc) is 2.70. The van der Waals surface area contributed by atoms with Gasteiger partial charge in [0.2, 0.25) is 0 Å². The van der Waals surface area contributed by atoms with Crippen LogP contribution in [0.2, 0.25) is 0 Å². The maximum absolute atomic E-state index is 11.4. The van der Waals surface area contributed by atoms with E-state index >= 15 is 0 Å². The number of ether oxygens (including phenoxy) is 3. The monoisotopic (exact) mass is 248 g/mol. The molecule has 0 spiro atoms. The summed E-state index contributed by atoms with van der Waals surface area (Å²) >= 11 is 0. The van der Waals surface area contributed by atoms with E-state index in [-0.39, 0.29) is 6.61 Å². The van der Waals surface area contributed by atoms with E-state index in [1.54, 1.807) is 31.4 Å². The molecule has 0 aliphatic carbocycles. The van der Waals surface area contributed by atoms with Crippen molar-refractivity contribution >= 4 is 17.8 Å². The lowest BCUT2D eigenvalue weighted by atomic mass is 10.1. The van der Waals surface area contributed by atoms with Crippen molar-refractivity contribution in [2.75, 3.05) is 20.8 Å². The highest BCUT2D eigenvalue weighted by atomic mass is 16.5. The Kier molecular flexibility index (Phi) is 3.32. The molecular weight excluding hydrogens is 236 g/mol. The number of Topliss-reactive ketones (excluding diaryl/α,β-unsaturated/α-hetero) is 1. The van der Waals surface area contributed by atoms with Crippen molar-refractivity contribution < 1.29 is 23.8 Å². The van der Waals surface area contributed by atoms with E-state index in [0.717, 1.165) is 5.56 Å². The number of benzene rings is 1. The van der Waals surface area contributed by atoms with Gasteiger partial charge in [-0.2, -0.15) is 0 Å². The number of esters is 1. The first kappa shape index (κ1) is 12.2. The molecule has 1 aliphatic rings. The number of cyclic esters (lactones) is 1. The number of hydrogen-bond acceptors (Lipinski definition) is 5. The van der Waals surface area contributed by atoms with E-state index in [0.29, 0.717) is 17.1 Å². The van der Waals surface area contributed by atoms with Gasteiger partial charge in [0.25, 0.3) is 5.78 Å². The van der Waals surface area contributed by atoms with Crippen LogP contribution >= 0.6 is 0 Å². The SMILES string of the molecule is COc1ccc(C=C2COC(=O)C2=O)cc1OC. The molecule has 1 heterocycles. The standard InChI is InChI=1S/C13H12O5/c1-16-10-4-3-8(6-11(10)17-2)5-9-7-18-13(15)12(9)14/h3-6H,7H2,1-2H3. The van der Waals surface area contributed by atoms with E-state index in [9.17, 15) is 9.59 Å². The van der Waals surface area contributed by atoms with Crippen molar-refractivity contribution in [1.82, 2.24) is 0 Å². The van der Waals surface area contributed by atoms with Crippen LogP contribution in [0.15, 0.2) is 23.8 Å². The predicted octanol–water partition coefficient (Wildman–Crippen LogP) is 1.21. The first-order valence-corrected chi connectivity index (χ1v) is 5.29. The first-order valence-electron chi connectivity index (χ1n) is 5.29. The molecule has 0 aromatic heterocycles.